The lowest BCUT2D eigenvalue weighted by Crippen LogP contribution is -2.31. The molecule has 0 saturated heterocycles. The van der Waals surface area contributed by atoms with E-state index in [1.807, 2.05) is 25.1 Å². The van der Waals surface area contributed by atoms with Crippen LogP contribution in [0.15, 0.2) is 30.3 Å². The van der Waals surface area contributed by atoms with E-state index >= 15 is 0 Å². The van der Waals surface area contributed by atoms with Crippen LogP contribution in [0.25, 0.3) is 0 Å². The molecule has 0 spiro atoms. The first kappa shape index (κ1) is 13.9. The van der Waals surface area contributed by atoms with E-state index in [0.717, 1.165) is 35.9 Å². The molecule has 1 N–H and O–H groups in total. The standard InChI is InChI=1S/C17H20N2O2/c1-11-5-4-6-14(19-11)16-12-7-8-15(20-2)17(21-3)13(12)9-10-18-16/h4-8,16,18H,9-10H2,1-3H3. The molecule has 4 nitrogen and oxygen atoms in total. The normalized spacial score (nSPS) is 17.2. The minimum Gasteiger partial charge on any atom is -0.493 e. The van der Waals surface area contributed by atoms with Gasteiger partial charge in [0.15, 0.2) is 11.5 Å². The first-order chi connectivity index (χ1) is 10.2. The summed E-state index contributed by atoms with van der Waals surface area (Å²) in [5.41, 5.74) is 4.51. The maximum atomic E-state index is 5.57. The summed E-state index contributed by atoms with van der Waals surface area (Å²) in [5.74, 6) is 1.63. The molecule has 0 radical (unpaired) electrons. The van der Waals surface area contributed by atoms with E-state index in [9.17, 15) is 0 Å². The molecular weight excluding hydrogens is 264 g/mol. The van der Waals surface area contributed by atoms with Crippen LogP contribution in [0.3, 0.4) is 0 Å². The van der Waals surface area contributed by atoms with Crippen molar-refractivity contribution in [1.82, 2.24) is 10.3 Å². The lowest BCUT2D eigenvalue weighted by molar-refractivity contribution is 0.348. The average molecular weight is 284 g/mol. The van der Waals surface area contributed by atoms with Crippen LogP contribution in [0.5, 0.6) is 11.5 Å². The van der Waals surface area contributed by atoms with Gasteiger partial charge in [0.25, 0.3) is 0 Å². The number of ether oxygens (including phenoxy) is 2. The topological polar surface area (TPSA) is 43.4 Å². The van der Waals surface area contributed by atoms with Gasteiger partial charge in [0.1, 0.15) is 0 Å². The Morgan fingerprint density at radius 1 is 1.14 bits per heavy atom. The van der Waals surface area contributed by atoms with Crippen molar-refractivity contribution in [3.05, 3.63) is 52.8 Å². The number of methoxy groups -OCH3 is 2. The number of fused-ring (bicyclic) bond motifs is 1. The molecule has 0 aliphatic carbocycles. The molecular formula is C17H20N2O2. The summed E-state index contributed by atoms with van der Waals surface area (Å²) >= 11 is 0. The zero-order valence-electron chi connectivity index (χ0n) is 12.6. The minimum absolute atomic E-state index is 0.105. The van der Waals surface area contributed by atoms with Gasteiger partial charge in [-0.3, -0.25) is 4.98 Å². The highest BCUT2D eigenvalue weighted by atomic mass is 16.5. The summed E-state index contributed by atoms with van der Waals surface area (Å²) in [6.45, 7) is 2.92. The number of aryl methyl sites for hydroxylation is 1. The van der Waals surface area contributed by atoms with Gasteiger partial charge in [-0.05, 0) is 37.1 Å². The van der Waals surface area contributed by atoms with Gasteiger partial charge in [0, 0.05) is 17.8 Å². The third kappa shape index (κ3) is 2.47. The molecule has 4 heteroatoms. The Labute approximate surface area is 125 Å². The smallest absolute Gasteiger partial charge is 0.164 e. The van der Waals surface area contributed by atoms with Crippen molar-refractivity contribution in [2.45, 2.75) is 19.4 Å². The van der Waals surface area contributed by atoms with E-state index in [2.05, 4.69) is 22.4 Å². The zero-order chi connectivity index (χ0) is 14.8. The summed E-state index contributed by atoms with van der Waals surface area (Å²) in [7, 11) is 3.37. The van der Waals surface area contributed by atoms with Crippen LogP contribution in [0.2, 0.25) is 0 Å². The van der Waals surface area contributed by atoms with Crippen LogP contribution in [0.4, 0.5) is 0 Å². The first-order valence-corrected chi connectivity index (χ1v) is 7.15. The number of aromatic nitrogens is 1. The van der Waals surface area contributed by atoms with Crippen molar-refractivity contribution in [2.75, 3.05) is 20.8 Å². The van der Waals surface area contributed by atoms with Crippen molar-refractivity contribution in [1.29, 1.82) is 0 Å². The molecule has 110 valence electrons. The summed E-state index contributed by atoms with van der Waals surface area (Å²) in [6.07, 6.45) is 0.929. The fraction of sp³-hybridized carbons (Fsp3) is 0.353. The predicted octanol–water partition coefficient (Wildman–Crippen LogP) is 2.64. The van der Waals surface area contributed by atoms with E-state index in [4.69, 9.17) is 9.47 Å². The van der Waals surface area contributed by atoms with Crippen LogP contribution < -0.4 is 14.8 Å². The molecule has 1 aromatic carbocycles. The third-order valence-electron chi connectivity index (χ3n) is 3.92. The van der Waals surface area contributed by atoms with E-state index in [0.29, 0.717) is 0 Å². The van der Waals surface area contributed by atoms with Gasteiger partial charge in [-0.25, -0.2) is 0 Å². The Kier molecular flexibility index (Phi) is 3.80. The van der Waals surface area contributed by atoms with Gasteiger partial charge >= 0.3 is 0 Å². The Balaban J connectivity index is 2.10. The SMILES string of the molecule is COc1ccc2c(c1OC)CCNC2c1cccc(C)n1. The van der Waals surface area contributed by atoms with Gasteiger partial charge in [-0.15, -0.1) is 0 Å². The summed E-state index contributed by atoms with van der Waals surface area (Å²) < 4.78 is 11.0. The number of rotatable bonds is 3. The molecule has 21 heavy (non-hydrogen) atoms. The largest absolute Gasteiger partial charge is 0.493 e. The molecule has 2 heterocycles. The summed E-state index contributed by atoms with van der Waals surface area (Å²) in [6, 6.07) is 10.3. The lowest BCUT2D eigenvalue weighted by Gasteiger charge is -2.28. The van der Waals surface area contributed by atoms with E-state index < -0.39 is 0 Å². The highest BCUT2D eigenvalue weighted by Crippen LogP contribution is 2.39. The quantitative estimate of drug-likeness (QED) is 0.941. The van der Waals surface area contributed by atoms with Gasteiger partial charge in [-0.2, -0.15) is 0 Å². The number of pyridine rings is 1. The van der Waals surface area contributed by atoms with Crippen LogP contribution in [-0.4, -0.2) is 25.7 Å². The maximum absolute atomic E-state index is 5.57. The van der Waals surface area contributed by atoms with Crippen LogP contribution in [0, 0.1) is 6.92 Å². The van der Waals surface area contributed by atoms with Crippen molar-refractivity contribution in [2.24, 2.45) is 0 Å². The number of hydrogen-bond acceptors (Lipinski definition) is 4. The molecule has 0 fully saturated rings. The fourth-order valence-corrected chi connectivity index (χ4v) is 2.97. The second-order valence-corrected chi connectivity index (χ2v) is 5.21. The molecule has 0 amide bonds. The average Bonchev–Trinajstić information content (AvgIpc) is 2.53. The minimum atomic E-state index is 0.105. The third-order valence-corrected chi connectivity index (χ3v) is 3.92. The highest BCUT2D eigenvalue weighted by molar-refractivity contribution is 5.54. The first-order valence-electron chi connectivity index (χ1n) is 7.15. The Bertz CT molecular complexity index is 655. The Hall–Kier alpha value is -2.07. The predicted molar refractivity (Wildman–Crippen MR) is 82.1 cm³/mol. The van der Waals surface area contributed by atoms with Crippen molar-refractivity contribution in [3.63, 3.8) is 0 Å². The van der Waals surface area contributed by atoms with Crippen molar-refractivity contribution in [3.8, 4) is 11.5 Å². The highest BCUT2D eigenvalue weighted by Gasteiger charge is 2.26. The van der Waals surface area contributed by atoms with Crippen molar-refractivity contribution < 1.29 is 9.47 Å². The summed E-state index contributed by atoms with van der Waals surface area (Å²) in [5, 5.41) is 3.55. The van der Waals surface area contributed by atoms with Gasteiger partial charge < -0.3 is 14.8 Å². The number of hydrogen-bond donors (Lipinski definition) is 1. The van der Waals surface area contributed by atoms with Crippen molar-refractivity contribution >= 4 is 0 Å². The summed E-state index contributed by atoms with van der Waals surface area (Å²) in [4.78, 5) is 4.66. The van der Waals surface area contributed by atoms with E-state index in [-0.39, 0.29) is 6.04 Å². The molecule has 1 unspecified atom stereocenters. The monoisotopic (exact) mass is 284 g/mol. The van der Waals surface area contributed by atoms with E-state index in [1.165, 1.54) is 11.1 Å². The molecule has 1 aromatic heterocycles. The fourth-order valence-electron chi connectivity index (χ4n) is 2.97. The van der Waals surface area contributed by atoms with Crippen LogP contribution in [0.1, 0.15) is 28.6 Å². The van der Waals surface area contributed by atoms with Crippen LogP contribution in [-0.2, 0) is 6.42 Å². The number of nitrogens with one attached hydrogen (secondary N) is 1. The molecule has 2 aromatic rings. The molecule has 3 rings (SSSR count). The Morgan fingerprint density at radius 3 is 2.71 bits per heavy atom. The molecule has 1 atom stereocenters. The molecule has 1 aliphatic heterocycles. The van der Waals surface area contributed by atoms with Gasteiger partial charge in [-0.1, -0.05) is 12.1 Å². The molecule has 0 bridgehead atoms. The second-order valence-electron chi connectivity index (χ2n) is 5.21. The molecule has 0 saturated carbocycles. The van der Waals surface area contributed by atoms with E-state index in [1.54, 1.807) is 14.2 Å². The second kappa shape index (κ2) is 5.74. The Morgan fingerprint density at radius 2 is 2.00 bits per heavy atom. The zero-order valence-corrected chi connectivity index (χ0v) is 12.6. The molecule has 1 aliphatic rings. The maximum Gasteiger partial charge on any atom is 0.164 e. The lowest BCUT2D eigenvalue weighted by atomic mass is 9.91. The number of nitrogens with zero attached hydrogens (tertiary/aromatic N) is 1. The number of benzene rings is 1. The van der Waals surface area contributed by atoms with Crippen LogP contribution >= 0.6 is 0 Å². The van der Waals surface area contributed by atoms with Gasteiger partial charge in [0.2, 0.25) is 0 Å². The van der Waals surface area contributed by atoms with Gasteiger partial charge in [0.05, 0.1) is 26.0 Å².